The van der Waals surface area contributed by atoms with E-state index in [-0.39, 0.29) is 5.92 Å². The smallest absolute Gasteiger partial charge is 0.210 e. The second kappa shape index (κ2) is 6.93. The Labute approximate surface area is 131 Å². The first kappa shape index (κ1) is 15.1. The molecule has 4 nitrogen and oxygen atoms in total. The molecule has 0 amide bonds. The minimum absolute atomic E-state index is 0.00971. The van der Waals surface area contributed by atoms with Crippen LogP contribution in [-0.4, -0.2) is 16.0 Å². The van der Waals surface area contributed by atoms with Crippen molar-refractivity contribution in [2.24, 2.45) is 5.92 Å². The van der Waals surface area contributed by atoms with Gasteiger partial charge in [0.1, 0.15) is 0 Å². The molecule has 0 aliphatic rings. The Hall–Kier alpha value is -1.29. The van der Waals surface area contributed by atoms with Gasteiger partial charge >= 0.3 is 0 Å². The van der Waals surface area contributed by atoms with Crippen LogP contribution in [0.1, 0.15) is 12.5 Å². The van der Waals surface area contributed by atoms with Crippen molar-refractivity contribution in [3.8, 4) is 6.07 Å². The van der Waals surface area contributed by atoms with Gasteiger partial charge in [0.2, 0.25) is 5.13 Å². The fraction of sp³-hybridized carbons (Fsp3) is 0.308. The van der Waals surface area contributed by atoms with Crippen LogP contribution in [0, 0.1) is 24.2 Å². The van der Waals surface area contributed by atoms with E-state index < -0.39 is 0 Å². The largest absolute Gasteiger partial charge is 0.330 e. The number of aromatic nitrogens is 2. The van der Waals surface area contributed by atoms with E-state index in [9.17, 15) is 0 Å². The van der Waals surface area contributed by atoms with Gasteiger partial charge in [0.05, 0.1) is 12.0 Å². The summed E-state index contributed by atoms with van der Waals surface area (Å²) in [7, 11) is 0. The van der Waals surface area contributed by atoms with Crippen LogP contribution in [-0.2, 0) is 0 Å². The standard InChI is InChI=1S/C13H13ClN4S2/c1-8(6-15)7-19-13-18-17-12(20-13)16-11-5-3-4-10(14)9(11)2/h3-5,8H,7H2,1-2H3,(H,16,17)/t8-/m0/s1. The van der Waals surface area contributed by atoms with Gasteiger partial charge in [-0.15, -0.1) is 10.2 Å². The lowest BCUT2D eigenvalue weighted by Gasteiger charge is -2.06. The summed E-state index contributed by atoms with van der Waals surface area (Å²) < 4.78 is 0.856. The third-order valence-electron chi connectivity index (χ3n) is 2.59. The molecule has 1 aromatic carbocycles. The molecule has 2 aromatic rings. The maximum Gasteiger partial charge on any atom is 0.210 e. The van der Waals surface area contributed by atoms with Crippen LogP contribution >= 0.6 is 34.7 Å². The highest BCUT2D eigenvalue weighted by atomic mass is 35.5. The van der Waals surface area contributed by atoms with E-state index >= 15 is 0 Å². The van der Waals surface area contributed by atoms with Gasteiger partial charge in [-0.1, -0.05) is 40.8 Å². The van der Waals surface area contributed by atoms with Crippen LogP contribution in [0.3, 0.4) is 0 Å². The third-order valence-corrected chi connectivity index (χ3v) is 5.23. The molecule has 1 aromatic heterocycles. The summed E-state index contributed by atoms with van der Waals surface area (Å²) in [6.45, 7) is 3.85. The van der Waals surface area contributed by atoms with Crippen LogP contribution in [0.15, 0.2) is 22.5 Å². The number of nitrogens with zero attached hydrogens (tertiary/aromatic N) is 3. The van der Waals surface area contributed by atoms with Gasteiger partial charge in [0.25, 0.3) is 0 Å². The predicted molar refractivity (Wildman–Crippen MR) is 84.9 cm³/mol. The van der Waals surface area contributed by atoms with Crippen molar-refractivity contribution in [3.05, 3.63) is 28.8 Å². The van der Waals surface area contributed by atoms with Crippen molar-refractivity contribution in [3.63, 3.8) is 0 Å². The number of thioether (sulfide) groups is 1. The SMILES string of the molecule is Cc1c(Cl)cccc1Nc1nnc(SC[C@@H](C)C#N)s1. The molecular weight excluding hydrogens is 312 g/mol. The topological polar surface area (TPSA) is 61.6 Å². The molecule has 0 unspecified atom stereocenters. The summed E-state index contributed by atoms with van der Waals surface area (Å²) in [5, 5.41) is 21.6. The summed E-state index contributed by atoms with van der Waals surface area (Å²) in [6.07, 6.45) is 0. The van der Waals surface area contributed by atoms with Gasteiger partial charge in [-0.3, -0.25) is 0 Å². The molecule has 0 saturated carbocycles. The van der Waals surface area contributed by atoms with Gasteiger partial charge in [0, 0.05) is 16.5 Å². The molecule has 2 rings (SSSR count). The lowest BCUT2D eigenvalue weighted by Crippen LogP contribution is -1.92. The summed E-state index contributed by atoms with van der Waals surface area (Å²) in [6, 6.07) is 7.90. The third kappa shape index (κ3) is 3.85. The molecule has 0 spiro atoms. The Morgan fingerprint density at radius 3 is 3.05 bits per heavy atom. The first-order valence-electron chi connectivity index (χ1n) is 5.98. The number of benzene rings is 1. The zero-order chi connectivity index (χ0) is 14.5. The van der Waals surface area contributed by atoms with Gasteiger partial charge in [0.15, 0.2) is 4.34 Å². The zero-order valence-electron chi connectivity index (χ0n) is 11.1. The molecule has 0 bridgehead atoms. The molecule has 1 atom stereocenters. The Bertz CT molecular complexity index is 636. The van der Waals surface area contributed by atoms with Gasteiger partial charge in [-0.2, -0.15) is 5.26 Å². The van der Waals surface area contributed by atoms with Crippen LogP contribution < -0.4 is 5.32 Å². The highest BCUT2D eigenvalue weighted by Gasteiger charge is 2.09. The lowest BCUT2D eigenvalue weighted by atomic mass is 10.2. The Kier molecular flexibility index (Phi) is 5.24. The van der Waals surface area contributed by atoms with Crippen molar-refractivity contribution in [2.45, 2.75) is 18.2 Å². The molecule has 1 N–H and O–H groups in total. The molecule has 0 radical (unpaired) electrons. The predicted octanol–water partition coefficient (Wildman–Crippen LogP) is 4.50. The number of hydrogen-bond donors (Lipinski definition) is 1. The van der Waals surface area contributed by atoms with Crippen molar-refractivity contribution >= 4 is 45.5 Å². The maximum atomic E-state index is 8.75. The Morgan fingerprint density at radius 2 is 2.30 bits per heavy atom. The average molecular weight is 325 g/mol. The number of nitriles is 1. The number of halogens is 1. The molecule has 0 saturated heterocycles. The number of anilines is 2. The highest BCUT2D eigenvalue weighted by Crippen LogP contribution is 2.31. The first-order chi connectivity index (χ1) is 9.60. The molecule has 20 heavy (non-hydrogen) atoms. The van der Waals surface area contributed by atoms with Crippen LogP contribution in [0.4, 0.5) is 10.8 Å². The van der Waals surface area contributed by atoms with Gasteiger partial charge in [-0.05, 0) is 31.5 Å². The fourth-order valence-corrected chi connectivity index (χ4v) is 3.32. The summed E-state index contributed by atoms with van der Waals surface area (Å²) in [5.74, 6) is 0.733. The van der Waals surface area contributed by atoms with Crippen LogP contribution in [0.5, 0.6) is 0 Å². The highest BCUT2D eigenvalue weighted by molar-refractivity contribution is 8.01. The second-order valence-corrected chi connectivity index (χ2v) is 6.90. The maximum absolute atomic E-state index is 8.75. The van der Waals surface area contributed by atoms with Crippen LogP contribution in [0.25, 0.3) is 0 Å². The molecule has 0 aliphatic heterocycles. The Balaban J connectivity index is 2.03. The second-order valence-electron chi connectivity index (χ2n) is 4.25. The Morgan fingerprint density at radius 1 is 1.50 bits per heavy atom. The molecule has 0 fully saturated rings. The number of rotatable bonds is 5. The normalized spacial score (nSPS) is 11.9. The minimum atomic E-state index is 0.00971. The van der Waals surface area contributed by atoms with E-state index in [0.29, 0.717) is 0 Å². The van der Waals surface area contributed by atoms with Crippen molar-refractivity contribution in [1.29, 1.82) is 5.26 Å². The molecule has 104 valence electrons. The number of hydrogen-bond acceptors (Lipinski definition) is 6. The fourth-order valence-electron chi connectivity index (χ4n) is 1.41. The summed E-state index contributed by atoms with van der Waals surface area (Å²) in [5.41, 5.74) is 1.91. The van der Waals surface area contributed by atoms with E-state index in [2.05, 4.69) is 21.6 Å². The van der Waals surface area contributed by atoms with Crippen molar-refractivity contribution < 1.29 is 0 Å². The van der Waals surface area contributed by atoms with Gasteiger partial charge in [-0.25, -0.2) is 0 Å². The van der Waals surface area contributed by atoms with E-state index in [1.54, 1.807) is 11.8 Å². The van der Waals surface area contributed by atoms with E-state index in [4.69, 9.17) is 16.9 Å². The van der Waals surface area contributed by atoms with E-state index in [1.165, 1.54) is 11.3 Å². The van der Waals surface area contributed by atoms with Crippen LogP contribution in [0.2, 0.25) is 5.02 Å². The zero-order valence-corrected chi connectivity index (χ0v) is 13.4. The van der Waals surface area contributed by atoms with E-state index in [1.807, 2.05) is 32.0 Å². The monoisotopic (exact) mass is 324 g/mol. The lowest BCUT2D eigenvalue weighted by molar-refractivity contribution is 0.862. The minimum Gasteiger partial charge on any atom is -0.330 e. The first-order valence-corrected chi connectivity index (χ1v) is 8.16. The molecule has 0 aliphatic carbocycles. The van der Waals surface area contributed by atoms with Crippen molar-refractivity contribution in [2.75, 3.05) is 11.1 Å². The molecule has 1 heterocycles. The number of nitrogens with one attached hydrogen (secondary N) is 1. The summed E-state index contributed by atoms with van der Waals surface area (Å²) >= 11 is 9.10. The molecular formula is C13H13ClN4S2. The van der Waals surface area contributed by atoms with E-state index in [0.717, 1.165) is 31.5 Å². The average Bonchev–Trinajstić information content (AvgIpc) is 2.89. The quantitative estimate of drug-likeness (QED) is 0.821. The molecule has 7 heteroatoms. The summed E-state index contributed by atoms with van der Waals surface area (Å²) in [4.78, 5) is 0. The van der Waals surface area contributed by atoms with Crippen molar-refractivity contribution in [1.82, 2.24) is 10.2 Å². The van der Waals surface area contributed by atoms with Gasteiger partial charge < -0.3 is 5.32 Å².